The Morgan fingerprint density at radius 2 is 1.78 bits per heavy atom. The van der Waals surface area contributed by atoms with Crippen LogP contribution in [0.15, 0.2) is 48.5 Å². The number of halogens is 3. The number of carbonyl (C=O) groups excluding carboxylic acids is 2. The monoisotopic (exact) mass is 377 g/mol. The Labute approximate surface area is 154 Å². The molecular weight excluding hydrogens is 359 g/mol. The van der Waals surface area contributed by atoms with Gasteiger partial charge in [0, 0.05) is 18.7 Å². The molecule has 142 valence electrons. The fraction of sp³-hybridized carbons (Fsp3) is 0.263. The molecule has 5 nitrogen and oxygen atoms in total. The molecule has 1 heterocycles. The number of amides is 3. The highest BCUT2D eigenvalue weighted by Gasteiger charge is 2.34. The molecule has 3 amide bonds. The summed E-state index contributed by atoms with van der Waals surface area (Å²) in [6.45, 7) is 2.19. The minimum atomic E-state index is -4.57. The van der Waals surface area contributed by atoms with Crippen molar-refractivity contribution in [2.24, 2.45) is 0 Å². The molecule has 1 fully saturated rings. The number of carbonyl (C=O) groups is 2. The van der Waals surface area contributed by atoms with Crippen molar-refractivity contribution in [1.82, 2.24) is 5.32 Å². The second kappa shape index (κ2) is 7.30. The van der Waals surface area contributed by atoms with Gasteiger partial charge in [-0.05, 0) is 31.2 Å². The van der Waals surface area contributed by atoms with Crippen LogP contribution in [0, 0.1) is 6.92 Å². The van der Waals surface area contributed by atoms with E-state index in [1.54, 1.807) is 4.90 Å². The van der Waals surface area contributed by atoms with Crippen molar-refractivity contribution >= 4 is 23.3 Å². The van der Waals surface area contributed by atoms with E-state index in [9.17, 15) is 22.8 Å². The average molecular weight is 377 g/mol. The van der Waals surface area contributed by atoms with Crippen LogP contribution in [0.25, 0.3) is 0 Å². The van der Waals surface area contributed by atoms with Gasteiger partial charge < -0.3 is 15.5 Å². The summed E-state index contributed by atoms with van der Waals surface area (Å²) in [5.74, 6) is -0.153. The lowest BCUT2D eigenvalue weighted by molar-refractivity contribution is -0.136. The molecule has 3 rings (SSSR count). The third kappa shape index (κ3) is 4.39. The average Bonchev–Trinajstić information content (AvgIpc) is 2.95. The van der Waals surface area contributed by atoms with E-state index >= 15 is 0 Å². The number of nitrogens with zero attached hydrogens (tertiary/aromatic N) is 1. The van der Waals surface area contributed by atoms with Crippen LogP contribution in [0.1, 0.15) is 17.5 Å². The van der Waals surface area contributed by atoms with E-state index in [4.69, 9.17) is 0 Å². The van der Waals surface area contributed by atoms with E-state index in [1.807, 2.05) is 31.2 Å². The molecule has 2 aromatic rings. The van der Waals surface area contributed by atoms with Gasteiger partial charge in [-0.15, -0.1) is 0 Å². The van der Waals surface area contributed by atoms with Crippen LogP contribution in [-0.2, 0) is 11.0 Å². The summed E-state index contributed by atoms with van der Waals surface area (Å²) in [6.07, 6.45) is -4.49. The number of urea groups is 1. The van der Waals surface area contributed by atoms with Crippen molar-refractivity contribution in [3.05, 3.63) is 59.7 Å². The molecule has 0 saturated carbocycles. The Morgan fingerprint density at radius 1 is 1.11 bits per heavy atom. The van der Waals surface area contributed by atoms with Gasteiger partial charge in [0.1, 0.15) is 0 Å². The first-order valence-electron chi connectivity index (χ1n) is 8.35. The first kappa shape index (κ1) is 18.8. The highest BCUT2D eigenvalue weighted by Crippen LogP contribution is 2.34. The molecule has 27 heavy (non-hydrogen) atoms. The maximum atomic E-state index is 13.0. The van der Waals surface area contributed by atoms with E-state index in [2.05, 4.69) is 10.6 Å². The maximum Gasteiger partial charge on any atom is 0.418 e. The standard InChI is InChI=1S/C19H18F3N3O2/c1-12-6-8-14(9-7-12)25-11-13(10-17(25)26)23-18(27)24-16-5-3-2-4-15(16)19(20,21)22/h2-9,13H,10-11H2,1H3,(H2,23,24,27). The van der Waals surface area contributed by atoms with E-state index in [0.29, 0.717) is 0 Å². The predicted octanol–water partition coefficient (Wildman–Crippen LogP) is 3.94. The Morgan fingerprint density at radius 3 is 2.44 bits per heavy atom. The van der Waals surface area contributed by atoms with Crippen LogP contribution >= 0.6 is 0 Å². The first-order valence-corrected chi connectivity index (χ1v) is 8.35. The number of anilines is 2. The predicted molar refractivity (Wildman–Crippen MR) is 95.5 cm³/mol. The molecular formula is C19H18F3N3O2. The Hall–Kier alpha value is -3.03. The van der Waals surface area contributed by atoms with Crippen molar-refractivity contribution in [3.8, 4) is 0 Å². The molecule has 1 aliphatic rings. The van der Waals surface area contributed by atoms with Crippen LogP contribution in [0.3, 0.4) is 0 Å². The second-order valence-electron chi connectivity index (χ2n) is 6.38. The summed E-state index contributed by atoms with van der Waals surface area (Å²) < 4.78 is 39.0. The van der Waals surface area contributed by atoms with Gasteiger partial charge in [-0.1, -0.05) is 29.8 Å². The highest BCUT2D eigenvalue weighted by molar-refractivity contribution is 5.97. The number of nitrogens with one attached hydrogen (secondary N) is 2. The highest BCUT2D eigenvalue weighted by atomic mass is 19.4. The Kier molecular flexibility index (Phi) is 5.07. The smallest absolute Gasteiger partial charge is 0.333 e. The van der Waals surface area contributed by atoms with E-state index in [0.717, 1.165) is 17.3 Å². The number of aryl methyl sites for hydroxylation is 1. The molecule has 0 aliphatic carbocycles. The molecule has 0 radical (unpaired) electrons. The summed E-state index contributed by atoms with van der Waals surface area (Å²) >= 11 is 0. The molecule has 2 N–H and O–H groups in total. The lowest BCUT2D eigenvalue weighted by Gasteiger charge is -2.18. The third-order valence-electron chi connectivity index (χ3n) is 4.29. The zero-order valence-corrected chi connectivity index (χ0v) is 14.5. The van der Waals surface area contributed by atoms with Crippen LogP contribution in [0.4, 0.5) is 29.3 Å². The van der Waals surface area contributed by atoms with Crippen molar-refractivity contribution in [2.45, 2.75) is 25.6 Å². The second-order valence-corrected chi connectivity index (χ2v) is 6.38. The largest absolute Gasteiger partial charge is 0.418 e. The Bertz CT molecular complexity index is 850. The summed E-state index contributed by atoms with van der Waals surface area (Å²) in [5, 5.41) is 4.79. The van der Waals surface area contributed by atoms with Gasteiger partial charge in [0.15, 0.2) is 0 Å². The molecule has 0 bridgehead atoms. The van der Waals surface area contributed by atoms with Gasteiger partial charge in [-0.2, -0.15) is 13.2 Å². The lowest BCUT2D eigenvalue weighted by atomic mass is 10.1. The number of hydrogen-bond acceptors (Lipinski definition) is 2. The number of hydrogen-bond donors (Lipinski definition) is 2. The molecule has 1 unspecified atom stereocenters. The van der Waals surface area contributed by atoms with Crippen LogP contribution < -0.4 is 15.5 Å². The van der Waals surface area contributed by atoms with Crippen molar-refractivity contribution < 1.29 is 22.8 Å². The van der Waals surface area contributed by atoms with Crippen molar-refractivity contribution in [2.75, 3.05) is 16.8 Å². The Balaban J connectivity index is 1.64. The van der Waals surface area contributed by atoms with Gasteiger partial charge in [-0.25, -0.2) is 4.79 Å². The fourth-order valence-corrected chi connectivity index (χ4v) is 2.96. The van der Waals surface area contributed by atoms with Crippen LogP contribution in [0.2, 0.25) is 0 Å². The summed E-state index contributed by atoms with van der Waals surface area (Å²) in [7, 11) is 0. The normalized spacial score (nSPS) is 17.1. The number of benzene rings is 2. The molecule has 0 aromatic heterocycles. The molecule has 1 aliphatic heterocycles. The zero-order valence-electron chi connectivity index (χ0n) is 14.5. The lowest BCUT2D eigenvalue weighted by Crippen LogP contribution is -2.40. The molecule has 2 aromatic carbocycles. The van der Waals surface area contributed by atoms with Crippen molar-refractivity contribution in [3.63, 3.8) is 0 Å². The third-order valence-corrected chi connectivity index (χ3v) is 4.29. The van der Waals surface area contributed by atoms with Gasteiger partial charge in [-0.3, -0.25) is 4.79 Å². The summed E-state index contributed by atoms with van der Waals surface area (Å²) in [4.78, 5) is 25.9. The SMILES string of the molecule is Cc1ccc(N2CC(NC(=O)Nc3ccccc3C(F)(F)F)CC2=O)cc1. The molecule has 1 saturated heterocycles. The fourth-order valence-electron chi connectivity index (χ4n) is 2.96. The molecule has 0 spiro atoms. The van der Waals surface area contributed by atoms with Crippen LogP contribution in [0.5, 0.6) is 0 Å². The quantitative estimate of drug-likeness (QED) is 0.851. The number of rotatable bonds is 3. The van der Waals surface area contributed by atoms with E-state index < -0.39 is 23.8 Å². The maximum absolute atomic E-state index is 13.0. The van der Waals surface area contributed by atoms with Gasteiger partial charge in [0.25, 0.3) is 0 Å². The number of para-hydroxylation sites is 1. The summed E-state index contributed by atoms with van der Waals surface area (Å²) in [6, 6.07) is 10.9. The van der Waals surface area contributed by atoms with Gasteiger partial charge in [0.05, 0.1) is 17.3 Å². The van der Waals surface area contributed by atoms with Crippen LogP contribution in [-0.4, -0.2) is 24.5 Å². The molecule has 8 heteroatoms. The van der Waals surface area contributed by atoms with Gasteiger partial charge >= 0.3 is 12.2 Å². The first-order chi connectivity index (χ1) is 12.7. The topological polar surface area (TPSA) is 61.4 Å². The minimum Gasteiger partial charge on any atom is -0.333 e. The summed E-state index contributed by atoms with van der Waals surface area (Å²) in [5.41, 5.74) is 0.520. The van der Waals surface area contributed by atoms with E-state index in [1.165, 1.54) is 18.2 Å². The van der Waals surface area contributed by atoms with E-state index in [-0.39, 0.29) is 24.6 Å². The minimum absolute atomic E-state index is 0.0855. The molecule has 1 atom stereocenters. The zero-order chi connectivity index (χ0) is 19.6. The van der Waals surface area contributed by atoms with Gasteiger partial charge in [0.2, 0.25) is 5.91 Å². The number of alkyl halides is 3. The van der Waals surface area contributed by atoms with Crippen molar-refractivity contribution in [1.29, 1.82) is 0 Å².